The summed E-state index contributed by atoms with van der Waals surface area (Å²) in [6.45, 7) is 2.80. The summed E-state index contributed by atoms with van der Waals surface area (Å²) >= 11 is 0. The summed E-state index contributed by atoms with van der Waals surface area (Å²) in [5.41, 5.74) is 1.04. The molecule has 4 rings (SSSR count). The van der Waals surface area contributed by atoms with Gasteiger partial charge in [-0.3, -0.25) is 14.2 Å². The molecule has 0 bridgehead atoms. The van der Waals surface area contributed by atoms with Crippen molar-refractivity contribution < 1.29 is 14.3 Å². The van der Waals surface area contributed by atoms with Crippen LogP contribution >= 0.6 is 0 Å². The van der Waals surface area contributed by atoms with Gasteiger partial charge in [0.15, 0.2) is 22.7 Å². The third kappa shape index (κ3) is 2.85. The number of aryl methyl sites for hydroxylation is 1. The van der Waals surface area contributed by atoms with Crippen molar-refractivity contribution >= 4 is 17.1 Å². The Morgan fingerprint density at radius 2 is 2.15 bits per heavy atom. The summed E-state index contributed by atoms with van der Waals surface area (Å²) in [6, 6.07) is 5.45. The normalized spacial score (nSPS) is 12.5. The molecular weight excluding hydrogens is 340 g/mol. The van der Waals surface area contributed by atoms with Crippen LogP contribution in [0.3, 0.4) is 0 Å². The number of nitrogens with zero attached hydrogens (tertiary/aromatic N) is 5. The molecule has 3 aromatic rings. The van der Waals surface area contributed by atoms with Crippen molar-refractivity contribution in [3.05, 3.63) is 40.4 Å². The zero-order valence-corrected chi connectivity index (χ0v) is 14.0. The highest BCUT2D eigenvalue weighted by Crippen LogP contribution is 2.32. The fraction of sp³-hybridized carbons (Fsp3) is 0.312. The maximum Gasteiger partial charge on any atom is 0.283 e. The summed E-state index contributed by atoms with van der Waals surface area (Å²) in [7, 11) is 0. The molecule has 1 N–H and O–H groups in total. The number of nitrogens with one attached hydrogen (secondary N) is 1. The average molecular weight is 356 g/mol. The van der Waals surface area contributed by atoms with Crippen LogP contribution < -0.4 is 20.3 Å². The quantitative estimate of drug-likeness (QED) is 0.687. The number of aromatic nitrogens is 5. The molecule has 3 heterocycles. The number of ether oxygens (including phenoxy) is 2. The standard InChI is InChI=1S/C16H16N6O4/c1-2-22-15-14(19-20-22)16(24)21(8-18-15)7-13(23)17-6-10-3-4-11-12(5-10)26-9-25-11/h3-5,8H,2,6-7,9H2,1H3,(H,17,23). The molecule has 0 fully saturated rings. The SMILES string of the molecule is CCn1nnc2c(=O)n(CC(=O)NCc3ccc4c(c3)OCO4)cnc21. The van der Waals surface area contributed by atoms with Crippen molar-refractivity contribution in [2.45, 2.75) is 26.6 Å². The van der Waals surface area contributed by atoms with Crippen LogP contribution in [0.5, 0.6) is 11.5 Å². The fourth-order valence-electron chi connectivity index (χ4n) is 2.67. The Bertz CT molecular complexity index is 1040. The molecule has 10 nitrogen and oxygen atoms in total. The first-order valence-corrected chi connectivity index (χ1v) is 8.09. The Morgan fingerprint density at radius 1 is 1.31 bits per heavy atom. The third-order valence-electron chi connectivity index (χ3n) is 4.03. The molecule has 1 amide bonds. The van der Waals surface area contributed by atoms with Crippen molar-refractivity contribution in [2.24, 2.45) is 0 Å². The number of hydrogen-bond acceptors (Lipinski definition) is 7. The van der Waals surface area contributed by atoms with Gasteiger partial charge in [-0.2, -0.15) is 0 Å². The zero-order valence-electron chi connectivity index (χ0n) is 14.0. The molecule has 10 heteroatoms. The number of carbonyl (C=O) groups is 1. The van der Waals surface area contributed by atoms with E-state index in [4.69, 9.17) is 9.47 Å². The fourth-order valence-corrected chi connectivity index (χ4v) is 2.67. The highest BCUT2D eigenvalue weighted by molar-refractivity contribution is 5.76. The van der Waals surface area contributed by atoms with Gasteiger partial charge in [-0.25, -0.2) is 9.67 Å². The third-order valence-corrected chi connectivity index (χ3v) is 4.03. The molecule has 0 radical (unpaired) electrons. The Hall–Kier alpha value is -3.43. The van der Waals surface area contributed by atoms with E-state index in [1.54, 1.807) is 6.07 Å². The lowest BCUT2D eigenvalue weighted by molar-refractivity contribution is -0.121. The predicted molar refractivity (Wildman–Crippen MR) is 89.7 cm³/mol. The molecule has 134 valence electrons. The minimum absolute atomic E-state index is 0.148. The molecular formula is C16H16N6O4. The molecule has 0 unspecified atom stereocenters. The van der Waals surface area contributed by atoms with Gasteiger partial charge >= 0.3 is 0 Å². The minimum Gasteiger partial charge on any atom is -0.454 e. The number of carbonyl (C=O) groups excluding carboxylic acids is 1. The van der Waals surface area contributed by atoms with Crippen LogP contribution in [0.25, 0.3) is 11.2 Å². The van der Waals surface area contributed by atoms with Gasteiger partial charge < -0.3 is 14.8 Å². The second kappa shape index (κ2) is 6.47. The van der Waals surface area contributed by atoms with E-state index in [0.717, 1.165) is 5.56 Å². The van der Waals surface area contributed by atoms with Crippen molar-refractivity contribution in [1.82, 2.24) is 29.9 Å². The van der Waals surface area contributed by atoms with E-state index >= 15 is 0 Å². The van der Waals surface area contributed by atoms with Gasteiger partial charge in [0.25, 0.3) is 5.56 Å². The summed E-state index contributed by atoms with van der Waals surface area (Å²) in [6.07, 6.45) is 1.33. The lowest BCUT2D eigenvalue weighted by Gasteiger charge is -2.08. The van der Waals surface area contributed by atoms with E-state index in [1.165, 1.54) is 15.6 Å². The van der Waals surface area contributed by atoms with Gasteiger partial charge in [-0.05, 0) is 24.6 Å². The highest BCUT2D eigenvalue weighted by Gasteiger charge is 2.15. The first-order valence-electron chi connectivity index (χ1n) is 8.09. The van der Waals surface area contributed by atoms with Gasteiger partial charge in [-0.15, -0.1) is 5.10 Å². The highest BCUT2D eigenvalue weighted by atomic mass is 16.7. The first kappa shape index (κ1) is 16.1. The lowest BCUT2D eigenvalue weighted by atomic mass is 10.2. The number of fused-ring (bicyclic) bond motifs is 2. The molecule has 0 saturated carbocycles. The molecule has 0 saturated heterocycles. The van der Waals surface area contributed by atoms with Crippen LogP contribution in [0.15, 0.2) is 29.3 Å². The van der Waals surface area contributed by atoms with Crippen LogP contribution in [-0.4, -0.2) is 37.2 Å². The molecule has 0 aliphatic carbocycles. The van der Waals surface area contributed by atoms with Crippen LogP contribution in [-0.2, 0) is 24.4 Å². The number of hydrogen-bond donors (Lipinski definition) is 1. The summed E-state index contributed by atoms with van der Waals surface area (Å²) in [4.78, 5) is 28.7. The van der Waals surface area contributed by atoms with E-state index in [-0.39, 0.29) is 24.8 Å². The maximum atomic E-state index is 12.4. The van der Waals surface area contributed by atoms with Crippen molar-refractivity contribution in [3.63, 3.8) is 0 Å². The minimum atomic E-state index is -0.395. The van der Waals surface area contributed by atoms with Crippen molar-refractivity contribution in [2.75, 3.05) is 6.79 Å². The van der Waals surface area contributed by atoms with Crippen LogP contribution in [0, 0.1) is 0 Å². The van der Waals surface area contributed by atoms with Crippen molar-refractivity contribution in [1.29, 1.82) is 0 Å². The Kier molecular flexibility index (Phi) is 3.99. The number of amides is 1. The molecule has 1 aromatic carbocycles. The second-order valence-electron chi connectivity index (χ2n) is 5.72. The molecule has 0 atom stereocenters. The predicted octanol–water partition coefficient (Wildman–Crippen LogP) is 0.0530. The second-order valence-corrected chi connectivity index (χ2v) is 5.72. The van der Waals surface area contributed by atoms with Crippen molar-refractivity contribution in [3.8, 4) is 11.5 Å². The topological polar surface area (TPSA) is 113 Å². The molecule has 2 aromatic heterocycles. The Balaban J connectivity index is 1.44. The number of benzene rings is 1. The lowest BCUT2D eigenvalue weighted by Crippen LogP contribution is -2.32. The van der Waals surface area contributed by atoms with Gasteiger partial charge in [0.1, 0.15) is 12.9 Å². The smallest absolute Gasteiger partial charge is 0.283 e. The Morgan fingerprint density at radius 3 is 3.00 bits per heavy atom. The van der Waals surface area contributed by atoms with Gasteiger partial charge in [-0.1, -0.05) is 11.3 Å². The maximum absolute atomic E-state index is 12.4. The zero-order chi connectivity index (χ0) is 18.1. The van der Waals surface area contributed by atoms with Gasteiger partial charge in [0, 0.05) is 13.1 Å². The van der Waals surface area contributed by atoms with Crippen LogP contribution in [0.4, 0.5) is 0 Å². The van der Waals surface area contributed by atoms with Crippen LogP contribution in [0.2, 0.25) is 0 Å². The molecule has 26 heavy (non-hydrogen) atoms. The van der Waals surface area contributed by atoms with E-state index < -0.39 is 5.56 Å². The summed E-state index contributed by atoms with van der Waals surface area (Å²) in [5.74, 6) is 1.03. The first-order chi connectivity index (χ1) is 12.7. The molecule has 0 spiro atoms. The van der Waals surface area contributed by atoms with Gasteiger partial charge in [0.2, 0.25) is 12.7 Å². The van der Waals surface area contributed by atoms with Crippen LogP contribution in [0.1, 0.15) is 12.5 Å². The number of rotatable bonds is 5. The van der Waals surface area contributed by atoms with E-state index in [0.29, 0.717) is 30.2 Å². The monoisotopic (exact) mass is 356 g/mol. The average Bonchev–Trinajstić information content (AvgIpc) is 3.28. The molecule has 1 aliphatic heterocycles. The Labute approximate surface area is 147 Å². The summed E-state index contributed by atoms with van der Waals surface area (Å²) < 4.78 is 13.3. The molecule has 1 aliphatic rings. The van der Waals surface area contributed by atoms with E-state index in [9.17, 15) is 9.59 Å². The largest absolute Gasteiger partial charge is 0.454 e. The van der Waals surface area contributed by atoms with E-state index in [1.807, 2.05) is 19.1 Å². The van der Waals surface area contributed by atoms with Gasteiger partial charge in [0.05, 0.1) is 0 Å². The summed E-state index contributed by atoms with van der Waals surface area (Å²) in [5, 5.41) is 10.5. The van der Waals surface area contributed by atoms with E-state index in [2.05, 4.69) is 20.6 Å².